The van der Waals surface area contributed by atoms with Crippen molar-refractivity contribution in [2.75, 3.05) is 6.61 Å². The van der Waals surface area contributed by atoms with Crippen LogP contribution in [0.2, 0.25) is 0 Å². The number of benzene rings is 1. The molecule has 2 unspecified atom stereocenters. The predicted molar refractivity (Wildman–Crippen MR) is 63.8 cm³/mol. The van der Waals surface area contributed by atoms with Crippen molar-refractivity contribution in [2.45, 2.75) is 38.8 Å². The van der Waals surface area contributed by atoms with Gasteiger partial charge in [0.05, 0.1) is 6.10 Å². The van der Waals surface area contributed by atoms with Gasteiger partial charge >= 0.3 is 0 Å². The van der Waals surface area contributed by atoms with Crippen LogP contribution in [-0.4, -0.2) is 18.8 Å². The molecule has 0 saturated heterocycles. The molecular formula is C13H21NO. The van der Waals surface area contributed by atoms with Crippen LogP contribution >= 0.6 is 0 Å². The van der Waals surface area contributed by atoms with E-state index in [0.717, 1.165) is 19.4 Å². The molecule has 0 saturated carbocycles. The maximum absolute atomic E-state index is 5.70. The first kappa shape index (κ1) is 12.2. The van der Waals surface area contributed by atoms with Crippen LogP contribution in [-0.2, 0) is 11.2 Å². The number of nitrogens with two attached hydrogens (primary N) is 1. The molecule has 0 bridgehead atoms. The Kier molecular flexibility index (Phi) is 5.37. The Morgan fingerprint density at radius 2 is 1.87 bits per heavy atom. The monoisotopic (exact) mass is 207 g/mol. The summed E-state index contributed by atoms with van der Waals surface area (Å²) in [6.07, 6.45) is 2.29. The molecule has 15 heavy (non-hydrogen) atoms. The Hall–Kier alpha value is -0.860. The molecule has 2 atom stereocenters. The molecule has 2 N–H and O–H groups in total. The molecule has 2 heteroatoms. The third-order valence-corrected chi connectivity index (χ3v) is 2.57. The normalized spacial score (nSPS) is 14.9. The molecule has 1 aromatic rings. The fourth-order valence-corrected chi connectivity index (χ4v) is 1.34. The second kappa shape index (κ2) is 6.59. The molecule has 0 aromatic heterocycles. The molecule has 0 aliphatic heterocycles. The first-order valence-corrected chi connectivity index (χ1v) is 5.61. The minimum Gasteiger partial charge on any atom is -0.377 e. The molecule has 0 amide bonds. The zero-order valence-electron chi connectivity index (χ0n) is 9.65. The predicted octanol–water partition coefficient (Wildman–Crippen LogP) is 2.37. The molecule has 0 heterocycles. The van der Waals surface area contributed by atoms with Crippen LogP contribution < -0.4 is 5.73 Å². The summed E-state index contributed by atoms with van der Waals surface area (Å²) in [6, 6.07) is 10.6. The zero-order valence-corrected chi connectivity index (χ0v) is 9.65. The lowest BCUT2D eigenvalue weighted by Crippen LogP contribution is -2.31. The van der Waals surface area contributed by atoms with Crippen molar-refractivity contribution in [3.8, 4) is 0 Å². The SMILES string of the molecule is CC(N)C(C)OCCCc1ccccc1. The van der Waals surface area contributed by atoms with E-state index >= 15 is 0 Å². The van der Waals surface area contributed by atoms with Gasteiger partial charge < -0.3 is 10.5 Å². The van der Waals surface area contributed by atoms with Crippen molar-refractivity contribution < 1.29 is 4.74 Å². The van der Waals surface area contributed by atoms with E-state index in [1.807, 2.05) is 19.9 Å². The smallest absolute Gasteiger partial charge is 0.0695 e. The van der Waals surface area contributed by atoms with Gasteiger partial charge in [-0.3, -0.25) is 0 Å². The first-order valence-electron chi connectivity index (χ1n) is 5.61. The van der Waals surface area contributed by atoms with Crippen molar-refractivity contribution in [1.29, 1.82) is 0 Å². The maximum Gasteiger partial charge on any atom is 0.0695 e. The van der Waals surface area contributed by atoms with Gasteiger partial charge in [0.1, 0.15) is 0 Å². The fraction of sp³-hybridized carbons (Fsp3) is 0.538. The van der Waals surface area contributed by atoms with Crippen LogP contribution in [0.1, 0.15) is 25.8 Å². The van der Waals surface area contributed by atoms with Crippen LogP contribution in [0.25, 0.3) is 0 Å². The second-order valence-corrected chi connectivity index (χ2v) is 4.02. The van der Waals surface area contributed by atoms with E-state index in [1.54, 1.807) is 0 Å². The lowest BCUT2D eigenvalue weighted by Gasteiger charge is -2.16. The molecule has 2 nitrogen and oxygen atoms in total. The van der Waals surface area contributed by atoms with Gasteiger partial charge in [0, 0.05) is 12.6 Å². The summed E-state index contributed by atoms with van der Waals surface area (Å²) in [5, 5.41) is 0. The number of hydrogen-bond acceptors (Lipinski definition) is 2. The quantitative estimate of drug-likeness (QED) is 0.727. The van der Waals surface area contributed by atoms with Gasteiger partial charge in [0.25, 0.3) is 0 Å². The Morgan fingerprint density at radius 1 is 1.20 bits per heavy atom. The van der Waals surface area contributed by atoms with Crippen molar-refractivity contribution in [2.24, 2.45) is 5.73 Å². The van der Waals surface area contributed by atoms with Gasteiger partial charge in [-0.1, -0.05) is 30.3 Å². The van der Waals surface area contributed by atoms with Crippen LogP contribution in [0.5, 0.6) is 0 Å². The molecule has 0 radical (unpaired) electrons. The minimum atomic E-state index is 0.113. The average molecular weight is 207 g/mol. The number of hydrogen-bond donors (Lipinski definition) is 1. The number of aryl methyl sites for hydroxylation is 1. The van der Waals surface area contributed by atoms with Crippen molar-refractivity contribution in [3.63, 3.8) is 0 Å². The summed E-state index contributed by atoms with van der Waals surface area (Å²) in [6.45, 7) is 4.78. The van der Waals surface area contributed by atoms with Gasteiger partial charge in [-0.05, 0) is 32.3 Å². The van der Waals surface area contributed by atoms with Crippen LogP contribution in [0, 0.1) is 0 Å². The fourth-order valence-electron chi connectivity index (χ4n) is 1.34. The minimum absolute atomic E-state index is 0.113. The van der Waals surface area contributed by atoms with E-state index in [-0.39, 0.29) is 12.1 Å². The van der Waals surface area contributed by atoms with E-state index in [2.05, 4.69) is 24.3 Å². The third-order valence-electron chi connectivity index (χ3n) is 2.57. The van der Waals surface area contributed by atoms with Crippen molar-refractivity contribution >= 4 is 0 Å². The van der Waals surface area contributed by atoms with E-state index in [0.29, 0.717) is 0 Å². The van der Waals surface area contributed by atoms with Gasteiger partial charge in [0.2, 0.25) is 0 Å². The standard InChI is InChI=1S/C13H21NO/c1-11(14)12(2)15-10-6-9-13-7-4-3-5-8-13/h3-5,7-8,11-12H,6,9-10,14H2,1-2H3. The highest BCUT2D eigenvalue weighted by Crippen LogP contribution is 2.03. The third kappa shape index (κ3) is 4.96. The summed E-state index contributed by atoms with van der Waals surface area (Å²) in [5.74, 6) is 0. The van der Waals surface area contributed by atoms with Crippen LogP contribution in [0.15, 0.2) is 30.3 Å². The van der Waals surface area contributed by atoms with E-state index in [1.165, 1.54) is 5.56 Å². The largest absolute Gasteiger partial charge is 0.377 e. The number of ether oxygens (including phenoxy) is 1. The topological polar surface area (TPSA) is 35.2 Å². The average Bonchev–Trinajstić information content (AvgIpc) is 2.25. The van der Waals surface area contributed by atoms with Gasteiger partial charge in [-0.2, -0.15) is 0 Å². The van der Waals surface area contributed by atoms with Gasteiger partial charge in [-0.25, -0.2) is 0 Å². The summed E-state index contributed by atoms with van der Waals surface area (Å²) < 4.78 is 5.60. The molecular weight excluding hydrogens is 186 g/mol. The van der Waals surface area contributed by atoms with Crippen LogP contribution in [0.3, 0.4) is 0 Å². The van der Waals surface area contributed by atoms with Gasteiger partial charge in [0.15, 0.2) is 0 Å². The zero-order chi connectivity index (χ0) is 11.1. The Morgan fingerprint density at radius 3 is 2.47 bits per heavy atom. The summed E-state index contributed by atoms with van der Waals surface area (Å²) in [4.78, 5) is 0. The van der Waals surface area contributed by atoms with E-state index in [4.69, 9.17) is 10.5 Å². The Balaban J connectivity index is 2.12. The van der Waals surface area contributed by atoms with Crippen molar-refractivity contribution in [3.05, 3.63) is 35.9 Å². The summed E-state index contributed by atoms with van der Waals surface area (Å²) >= 11 is 0. The molecule has 0 aliphatic rings. The number of rotatable bonds is 6. The first-order chi connectivity index (χ1) is 7.20. The second-order valence-electron chi connectivity index (χ2n) is 4.02. The summed E-state index contributed by atoms with van der Waals surface area (Å²) in [7, 11) is 0. The molecule has 0 aliphatic carbocycles. The highest BCUT2D eigenvalue weighted by molar-refractivity contribution is 5.14. The van der Waals surface area contributed by atoms with Gasteiger partial charge in [-0.15, -0.1) is 0 Å². The molecule has 0 spiro atoms. The van der Waals surface area contributed by atoms with E-state index < -0.39 is 0 Å². The highest BCUT2D eigenvalue weighted by atomic mass is 16.5. The molecule has 1 rings (SSSR count). The van der Waals surface area contributed by atoms with E-state index in [9.17, 15) is 0 Å². The molecule has 84 valence electrons. The van der Waals surface area contributed by atoms with Crippen LogP contribution in [0.4, 0.5) is 0 Å². The Bertz CT molecular complexity index is 258. The lowest BCUT2D eigenvalue weighted by atomic mass is 10.1. The lowest BCUT2D eigenvalue weighted by molar-refractivity contribution is 0.0508. The Labute approximate surface area is 92.4 Å². The van der Waals surface area contributed by atoms with Crippen molar-refractivity contribution in [1.82, 2.24) is 0 Å². The highest BCUT2D eigenvalue weighted by Gasteiger charge is 2.06. The molecule has 1 aromatic carbocycles. The summed E-state index contributed by atoms with van der Waals surface area (Å²) in [5.41, 5.74) is 7.07. The maximum atomic E-state index is 5.70. The molecule has 0 fully saturated rings.